The van der Waals surface area contributed by atoms with Crippen LogP contribution in [0.2, 0.25) is 0 Å². The van der Waals surface area contributed by atoms with Crippen LogP contribution in [0.1, 0.15) is 13.3 Å². The van der Waals surface area contributed by atoms with Crippen LogP contribution >= 0.6 is 0 Å². The van der Waals surface area contributed by atoms with Gasteiger partial charge < -0.3 is 14.6 Å². The van der Waals surface area contributed by atoms with E-state index in [4.69, 9.17) is 21.0 Å². The predicted octanol–water partition coefficient (Wildman–Crippen LogP) is 1.18. The maximum Gasteiger partial charge on any atom is 0.148 e. The highest BCUT2D eigenvalue weighted by atomic mass is 16.7. The molecule has 0 aromatic heterocycles. The van der Waals surface area contributed by atoms with Crippen LogP contribution in [-0.2, 0) is 9.47 Å². The van der Waals surface area contributed by atoms with E-state index in [1.165, 1.54) is 0 Å². The van der Waals surface area contributed by atoms with Crippen molar-refractivity contribution >= 4 is 0 Å². The zero-order chi connectivity index (χ0) is 10.8. The smallest absolute Gasteiger partial charge is 0.148 e. The molecule has 0 spiro atoms. The van der Waals surface area contributed by atoms with Gasteiger partial charge in [-0.3, -0.25) is 0 Å². The molecule has 0 heterocycles. The maximum absolute atomic E-state index is 8.54. The standard InChI is InChI=1S/C11H18O3/c1-4-11(14-9-13-3)10(2)7-5-6-8-12/h1,5-6,10-12H,7-9H2,2-3H3/b6-5+/t10-,11+/m0/s1. The molecule has 0 radical (unpaired) electrons. The van der Waals surface area contributed by atoms with Gasteiger partial charge in [0, 0.05) is 7.11 Å². The number of methoxy groups -OCH3 is 1. The summed E-state index contributed by atoms with van der Waals surface area (Å²) in [6, 6.07) is 0. The number of aliphatic hydroxyl groups is 1. The highest BCUT2D eigenvalue weighted by molar-refractivity contribution is 4.99. The first kappa shape index (κ1) is 13.2. The quantitative estimate of drug-likeness (QED) is 0.379. The van der Waals surface area contributed by atoms with Crippen molar-refractivity contribution in [2.75, 3.05) is 20.5 Å². The van der Waals surface area contributed by atoms with Crippen LogP contribution in [0.25, 0.3) is 0 Å². The van der Waals surface area contributed by atoms with Gasteiger partial charge in [-0.1, -0.05) is 25.0 Å². The molecule has 0 rings (SSSR count). The Morgan fingerprint density at radius 1 is 1.50 bits per heavy atom. The Bertz CT molecular complexity index is 193. The van der Waals surface area contributed by atoms with E-state index in [0.29, 0.717) is 0 Å². The summed E-state index contributed by atoms with van der Waals surface area (Å²) in [7, 11) is 1.56. The van der Waals surface area contributed by atoms with Crippen molar-refractivity contribution in [2.45, 2.75) is 19.4 Å². The van der Waals surface area contributed by atoms with Crippen molar-refractivity contribution in [3.63, 3.8) is 0 Å². The lowest BCUT2D eigenvalue weighted by Crippen LogP contribution is -2.20. The Morgan fingerprint density at radius 2 is 2.21 bits per heavy atom. The molecule has 0 aliphatic heterocycles. The lowest BCUT2D eigenvalue weighted by Gasteiger charge is -2.17. The SMILES string of the molecule is C#C[C@@H](OCOC)[C@@H](C)C/C=C/CO. The van der Waals surface area contributed by atoms with Crippen molar-refractivity contribution < 1.29 is 14.6 Å². The van der Waals surface area contributed by atoms with E-state index in [2.05, 4.69) is 5.92 Å². The van der Waals surface area contributed by atoms with Gasteiger partial charge in [0.15, 0.2) is 0 Å². The number of ether oxygens (including phenoxy) is 2. The molecular weight excluding hydrogens is 180 g/mol. The maximum atomic E-state index is 8.54. The van der Waals surface area contributed by atoms with Gasteiger partial charge in [0.2, 0.25) is 0 Å². The van der Waals surface area contributed by atoms with Gasteiger partial charge in [-0.2, -0.15) is 0 Å². The Labute approximate surface area is 85.7 Å². The Morgan fingerprint density at radius 3 is 2.71 bits per heavy atom. The van der Waals surface area contributed by atoms with E-state index in [1.54, 1.807) is 13.2 Å². The van der Waals surface area contributed by atoms with E-state index >= 15 is 0 Å². The molecule has 0 aliphatic rings. The average Bonchev–Trinajstić information content (AvgIpc) is 2.19. The number of hydrogen-bond acceptors (Lipinski definition) is 3. The van der Waals surface area contributed by atoms with E-state index in [9.17, 15) is 0 Å². The number of hydrogen-bond donors (Lipinski definition) is 1. The summed E-state index contributed by atoms with van der Waals surface area (Å²) in [5.41, 5.74) is 0. The fourth-order valence-corrected chi connectivity index (χ4v) is 1.03. The number of aliphatic hydroxyl groups excluding tert-OH is 1. The first-order chi connectivity index (χ1) is 6.76. The third-order valence-electron chi connectivity index (χ3n) is 1.83. The summed E-state index contributed by atoms with van der Waals surface area (Å²) in [6.07, 6.45) is 9.46. The van der Waals surface area contributed by atoms with E-state index < -0.39 is 0 Å². The molecule has 2 atom stereocenters. The molecule has 0 aliphatic carbocycles. The van der Waals surface area contributed by atoms with Crippen LogP contribution in [0, 0.1) is 18.3 Å². The van der Waals surface area contributed by atoms with Crippen LogP contribution in [0.3, 0.4) is 0 Å². The summed E-state index contributed by atoms with van der Waals surface area (Å²) in [6.45, 7) is 2.27. The highest BCUT2D eigenvalue weighted by Crippen LogP contribution is 2.11. The molecule has 0 saturated carbocycles. The third-order valence-corrected chi connectivity index (χ3v) is 1.83. The minimum atomic E-state index is -0.238. The predicted molar refractivity (Wildman–Crippen MR) is 55.6 cm³/mol. The van der Waals surface area contributed by atoms with Gasteiger partial charge >= 0.3 is 0 Å². The summed E-state index contributed by atoms with van der Waals surface area (Å²) in [4.78, 5) is 0. The number of terminal acetylenes is 1. The monoisotopic (exact) mass is 198 g/mol. The Kier molecular flexibility index (Phi) is 8.25. The molecule has 0 aromatic carbocycles. The summed E-state index contributed by atoms with van der Waals surface area (Å²) in [5, 5.41) is 8.54. The normalized spacial score (nSPS) is 15.3. The first-order valence-corrected chi connectivity index (χ1v) is 4.58. The van der Waals surface area contributed by atoms with E-state index in [0.717, 1.165) is 6.42 Å². The zero-order valence-electron chi connectivity index (χ0n) is 8.77. The van der Waals surface area contributed by atoms with Gasteiger partial charge in [0.1, 0.15) is 12.9 Å². The molecule has 0 unspecified atom stereocenters. The molecule has 3 heteroatoms. The molecule has 0 bridgehead atoms. The molecule has 0 fully saturated rings. The van der Waals surface area contributed by atoms with Gasteiger partial charge in [-0.25, -0.2) is 0 Å². The summed E-state index contributed by atoms with van der Waals surface area (Å²) >= 11 is 0. The Balaban J connectivity index is 3.86. The van der Waals surface area contributed by atoms with Gasteiger partial charge in [-0.05, 0) is 12.3 Å². The van der Waals surface area contributed by atoms with E-state index in [-0.39, 0.29) is 25.4 Å². The third kappa shape index (κ3) is 5.76. The minimum Gasteiger partial charge on any atom is -0.392 e. The van der Waals surface area contributed by atoms with Crippen molar-refractivity contribution in [1.82, 2.24) is 0 Å². The lowest BCUT2D eigenvalue weighted by molar-refractivity contribution is -0.0668. The fraction of sp³-hybridized carbons (Fsp3) is 0.636. The van der Waals surface area contributed by atoms with Crippen LogP contribution < -0.4 is 0 Å². The van der Waals surface area contributed by atoms with Crippen molar-refractivity contribution in [1.29, 1.82) is 0 Å². The highest BCUT2D eigenvalue weighted by Gasteiger charge is 2.13. The Hall–Kier alpha value is -0.820. The zero-order valence-corrected chi connectivity index (χ0v) is 8.77. The molecule has 14 heavy (non-hydrogen) atoms. The van der Waals surface area contributed by atoms with Crippen molar-refractivity contribution in [3.8, 4) is 12.3 Å². The van der Waals surface area contributed by atoms with Crippen molar-refractivity contribution in [2.24, 2.45) is 5.92 Å². The van der Waals surface area contributed by atoms with Crippen molar-refractivity contribution in [3.05, 3.63) is 12.2 Å². The molecule has 3 nitrogen and oxygen atoms in total. The second-order valence-corrected chi connectivity index (χ2v) is 3.03. The largest absolute Gasteiger partial charge is 0.392 e. The van der Waals surface area contributed by atoms with Gasteiger partial charge in [0.25, 0.3) is 0 Å². The number of allylic oxidation sites excluding steroid dienone is 1. The minimum absolute atomic E-state index is 0.0619. The number of rotatable bonds is 7. The summed E-state index contributed by atoms with van der Waals surface area (Å²) < 4.78 is 10.1. The molecular formula is C11H18O3. The second-order valence-electron chi connectivity index (χ2n) is 3.03. The van der Waals surface area contributed by atoms with Crippen LogP contribution in [-0.4, -0.2) is 31.7 Å². The van der Waals surface area contributed by atoms with Crippen LogP contribution in [0.4, 0.5) is 0 Å². The van der Waals surface area contributed by atoms with Crippen LogP contribution in [0.15, 0.2) is 12.2 Å². The van der Waals surface area contributed by atoms with Crippen LogP contribution in [0.5, 0.6) is 0 Å². The average molecular weight is 198 g/mol. The molecule has 0 aromatic rings. The fourth-order valence-electron chi connectivity index (χ4n) is 1.03. The topological polar surface area (TPSA) is 38.7 Å². The summed E-state index contributed by atoms with van der Waals surface area (Å²) in [5.74, 6) is 2.79. The van der Waals surface area contributed by atoms with Gasteiger partial charge in [0.05, 0.1) is 6.61 Å². The molecule has 80 valence electrons. The van der Waals surface area contributed by atoms with E-state index in [1.807, 2.05) is 13.0 Å². The first-order valence-electron chi connectivity index (χ1n) is 4.58. The lowest BCUT2D eigenvalue weighted by atomic mass is 10.0. The molecule has 0 amide bonds. The second kappa shape index (κ2) is 8.76. The molecule has 1 N–H and O–H groups in total. The van der Waals surface area contributed by atoms with Gasteiger partial charge in [-0.15, -0.1) is 6.42 Å². The molecule has 0 saturated heterocycles.